The van der Waals surface area contributed by atoms with E-state index in [1.54, 1.807) is 6.92 Å². The van der Waals surface area contributed by atoms with Gasteiger partial charge in [0.2, 0.25) is 0 Å². The number of alkyl halides is 3. The maximum Gasteiger partial charge on any atom is 0.418 e. The van der Waals surface area contributed by atoms with Crippen molar-refractivity contribution in [1.82, 2.24) is 4.90 Å². The van der Waals surface area contributed by atoms with Crippen LogP contribution >= 0.6 is 11.6 Å². The van der Waals surface area contributed by atoms with Crippen LogP contribution in [0.5, 0.6) is 0 Å². The number of nitrogens with zero attached hydrogens (tertiary/aromatic N) is 1. The summed E-state index contributed by atoms with van der Waals surface area (Å²) in [6, 6.07) is 2.60. The van der Waals surface area contributed by atoms with E-state index in [-0.39, 0.29) is 10.7 Å². The van der Waals surface area contributed by atoms with Crippen molar-refractivity contribution in [2.45, 2.75) is 13.1 Å². The van der Waals surface area contributed by atoms with E-state index in [2.05, 4.69) is 5.32 Å². The highest BCUT2D eigenvalue weighted by Crippen LogP contribution is 2.36. The van der Waals surface area contributed by atoms with Crippen LogP contribution in [0.1, 0.15) is 12.5 Å². The molecule has 2 amide bonds. The molecule has 0 aromatic heterocycles. The fourth-order valence-electron chi connectivity index (χ4n) is 1.21. The van der Waals surface area contributed by atoms with E-state index in [9.17, 15) is 18.0 Å². The third-order valence-electron chi connectivity index (χ3n) is 2.35. The molecule has 0 aliphatic rings. The standard InChI is InChI=1S/C11H12ClF3N2O/c1-3-17(2)10(18)16-9-5-4-7(12)6-8(9)11(13,14)15/h4-6H,3H2,1-2H3,(H,16,18). The Balaban J connectivity index is 3.06. The minimum absolute atomic E-state index is 0.0378. The summed E-state index contributed by atoms with van der Waals surface area (Å²) in [6.45, 7) is 2.10. The number of benzene rings is 1. The maximum absolute atomic E-state index is 12.7. The van der Waals surface area contributed by atoms with Gasteiger partial charge >= 0.3 is 12.2 Å². The lowest BCUT2D eigenvalue weighted by atomic mass is 10.1. The molecule has 0 aliphatic carbocycles. The number of hydrogen-bond acceptors (Lipinski definition) is 1. The van der Waals surface area contributed by atoms with Crippen LogP contribution < -0.4 is 5.32 Å². The van der Waals surface area contributed by atoms with Crippen LogP contribution in [-0.4, -0.2) is 24.5 Å². The molecule has 18 heavy (non-hydrogen) atoms. The highest BCUT2D eigenvalue weighted by Gasteiger charge is 2.34. The van der Waals surface area contributed by atoms with E-state index in [1.165, 1.54) is 18.0 Å². The largest absolute Gasteiger partial charge is 0.418 e. The Hall–Kier alpha value is -1.43. The molecule has 1 aromatic rings. The number of hydrogen-bond donors (Lipinski definition) is 1. The Labute approximate surface area is 108 Å². The molecule has 0 spiro atoms. The van der Waals surface area contributed by atoms with Gasteiger partial charge in [-0.2, -0.15) is 13.2 Å². The van der Waals surface area contributed by atoms with E-state index < -0.39 is 17.8 Å². The predicted octanol–water partition coefficient (Wildman–Crippen LogP) is 3.84. The van der Waals surface area contributed by atoms with Crippen molar-refractivity contribution >= 4 is 23.3 Å². The van der Waals surface area contributed by atoms with Crippen LogP contribution in [0.2, 0.25) is 5.02 Å². The molecule has 0 saturated heterocycles. The summed E-state index contributed by atoms with van der Waals surface area (Å²) in [4.78, 5) is 12.8. The van der Waals surface area contributed by atoms with Crippen molar-refractivity contribution in [2.24, 2.45) is 0 Å². The van der Waals surface area contributed by atoms with Crippen molar-refractivity contribution < 1.29 is 18.0 Å². The van der Waals surface area contributed by atoms with E-state index in [0.29, 0.717) is 6.54 Å². The zero-order chi connectivity index (χ0) is 13.9. The van der Waals surface area contributed by atoms with Crippen LogP contribution in [0.4, 0.5) is 23.7 Å². The molecule has 0 radical (unpaired) electrons. The topological polar surface area (TPSA) is 32.3 Å². The van der Waals surface area contributed by atoms with Crippen molar-refractivity contribution in [3.05, 3.63) is 28.8 Å². The van der Waals surface area contributed by atoms with E-state index in [4.69, 9.17) is 11.6 Å². The van der Waals surface area contributed by atoms with Crippen LogP contribution in [0.15, 0.2) is 18.2 Å². The van der Waals surface area contributed by atoms with Gasteiger partial charge in [0.25, 0.3) is 0 Å². The molecular weight excluding hydrogens is 269 g/mol. The highest BCUT2D eigenvalue weighted by molar-refractivity contribution is 6.30. The quantitative estimate of drug-likeness (QED) is 0.877. The molecule has 0 atom stereocenters. The minimum Gasteiger partial charge on any atom is -0.328 e. The van der Waals surface area contributed by atoms with Crippen LogP contribution in [-0.2, 0) is 6.18 Å². The van der Waals surface area contributed by atoms with Gasteiger partial charge < -0.3 is 10.2 Å². The molecule has 0 unspecified atom stereocenters. The van der Waals surface area contributed by atoms with Gasteiger partial charge in [-0.15, -0.1) is 0 Å². The first-order valence-corrected chi connectivity index (χ1v) is 5.52. The molecule has 0 heterocycles. The first-order chi connectivity index (χ1) is 8.25. The molecule has 0 bridgehead atoms. The second-order valence-electron chi connectivity index (χ2n) is 3.63. The third-order valence-corrected chi connectivity index (χ3v) is 2.58. The number of anilines is 1. The Morgan fingerprint density at radius 2 is 2.06 bits per heavy atom. The lowest BCUT2D eigenvalue weighted by Gasteiger charge is -2.18. The van der Waals surface area contributed by atoms with Gasteiger partial charge in [-0.1, -0.05) is 11.6 Å². The molecule has 100 valence electrons. The lowest BCUT2D eigenvalue weighted by molar-refractivity contribution is -0.136. The number of carbonyl (C=O) groups excluding carboxylic acids is 1. The van der Waals surface area contributed by atoms with E-state index in [0.717, 1.165) is 12.1 Å². The molecule has 1 N–H and O–H groups in total. The zero-order valence-electron chi connectivity index (χ0n) is 9.81. The fourth-order valence-corrected chi connectivity index (χ4v) is 1.39. The van der Waals surface area contributed by atoms with Gasteiger partial charge in [0.05, 0.1) is 11.3 Å². The van der Waals surface area contributed by atoms with Gasteiger partial charge in [0.15, 0.2) is 0 Å². The summed E-state index contributed by atoms with van der Waals surface area (Å²) in [5, 5.41) is 2.17. The van der Waals surface area contributed by atoms with Crippen molar-refractivity contribution in [3.63, 3.8) is 0 Å². The summed E-state index contributed by atoms with van der Waals surface area (Å²) in [7, 11) is 1.48. The second kappa shape index (κ2) is 5.48. The Morgan fingerprint density at radius 1 is 1.44 bits per heavy atom. The number of nitrogens with one attached hydrogen (secondary N) is 1. The normalized spacial score (nSPS) is 11.2. The van der Waals surface area contributed by atoms with Crippen LogP contribution in [0.3, 0.4) is 0 Å². The smallest absolute Gasteiger partial charge is 0.328 e. The monoisotopic (exact) mass is 280 g/mol. The number of amides is 2. The maximum atomic E-state index is 12.7. The van der Waals surface area contributed by atoms with Gasteiger partial charge in [-0.25, -0.2) is 4.79 Å². The van der Waals surface area contributed by atoms with E-state index >= 15 is 0 Å². The molecular formula is C11H12ClF3N2O. The fraction of sp³-hybridized carbons (Fsp3) is 0.364. The molecule has 3 nitrogen and oxygen atoms in total. The highest BCUT2D eigenvalue weighted by atomic mass is 35.5. The zero-order valence-corrected chi connectivity index (χ0v) is 10.6. The number of urea groups is 1. The molecule has 0 aliphatic heterocycles. The summed E-state index contributed by atoms with van der Waals surface area (Å²) < 4.78 is 38.2. The first kappa shape index (κ1) is 14.6. The Kier molecular flexibility index (Phi) is 4.45. The minimum atomic E-state index is -4.57. The molecule has 0 fully saturated rings. The second-order valence-corrected chi connectivity index (χ2v) is 4.07. The average Bonchev–Trinajstić information content (AvgIpc) is 2.28. The lowest BCUT2D eigenvalue weighted by Crippen LogP contribution is -2.31. The van der Waals surface area contributed by atoms with E-state index in [1.807, 2.05) is 0 Å². The number of rotatable bonds is 2. The van der Waals surface area contributed by atoms with Crippen molar-refractivity contribution in [2.75, 3.05) is 18.9 Å². The Morgan fingerprint density at radius 3 is 2.56 bits per heavy atom. The summed E-state index contributed by atoms with van der Waals surface area (Å²) in [6.07, 6.45) is -4.57. The summed E-state index contributed by atoms with van der Waals surface area (Å²) in [5.74, 6) is 0. The number of halogens is 4. The molecule has 1 rings (SSSR count). The molecule has 1 aromatic carbocycles. The molecule has 0 saturated carbocycles. The first-order valence-electron chi connectivity index (χ1n) is 5.14. The predicted molar refractivity (Wildman–Crippen MR) is 63.8 cm³/mol. The molecule has 7 heteroatoms. The van der Waals surface area contributed by atoms with Crippen molar-refractivity contribution in [1.29, 1.82) is 0 Å². The third kappa shape index (κ3) is 3.53. The van der Waals surface area contributed by atoms with Gasteiger partial charge in [0, 0.05) is 18.6 Å². The van der Waals surface area contributed by atoms with Crippen LogP contribution in [0, 0.1) is 0 Å². The van der Waals surface area contributed by atoms with Gasteiger partial charge in [-0.05, 0) is 25.1 Å². The Bertz CT molecular complexity index is 448. The van der Waals surface area contributed by atoms with Gasteiger partial charge in [-0.3, -0.25) is 0 Å². The summed E-state index contributed by atoms with van der Waals surface area (Å²) in [5.41, 5.74) is -1.27. The number of carbonyl (C=O) groups is 1. The average molecular weight is 281 g/mol. The van der Waals surface area contributed by atoms with Crippen molar-refractivity contribution in [3.8, 4) is 0 Å². The van der Waals surface area contributed by atoms with Gasteiger partial charge in [0.1, 0.15) is 0 Å². The SMILES string of the molecule is CCN(C)C(=O)Nc1ccc(Cl)cc1C(F)(F)F. The summed E-state index contributed by atoms with van der Waals surface area (Å²) >= 11 is 5.53. The van der Waals surface area contributed by atoms with Crippen LogP contribution in [0.25, 0.3) is 0 Å².